The summed E-state index contributed by atoms with van der Waals surface area (Å²) in [4.78, 5) is 11.5. The third-order valence-corrected chi connectivity index (χ3v) is 4.42. The van der Waals surface area contributed by atoms with E-state index in [1.165, 1.54) is 24.8 Å². The fourth-order valence-electron chi connectivity index (χ4n) is 2.98. The van der Waals surface area contributed by atoms with E-state index in [1.807, 2.05) is 24.3 Å². The molecule has 3 rings (SSSR count). The maximum Gasteiger partial charge on any atom is 0.340 e. The summed E-state index contributed by atoms with van der Waals surface area (Å²) in [5.41, 5.74) is 5.17. The number of benzene rings is 3. The molecule has 0 bridgehead atoms. The van der Waals surface area contributed by atoms with Gasteiger partial charge in [0.05, 0.1) is 12.7 Å². The zero-order valence-corrected chi connectivity index (χ0v) is 15.0. The van der Waals surface area contributed by atoms with Gasteiger partial charge in [-0.2, -0.15) is 0 Å². The molecule has 132 valence electrons. The van der Waals surface area contributed by atoms with Crippen LogP contribution in [0.1, 0.15) is 29.3 Å². The van der Waals surface area contributed by atoms with Gasteiger partial charge in [-0.3, -0.25) is 0 Å². The highest BCUT2D eigenvalue weighted by Gasteiger charge is 2.13. The van der Waals surface area contributed by atoms with Crippen molar-refractivity contribution in [2.24, 2.45) is 0 Å². The molecular formula is C23H21FO2. The summed E-state index contributed by atoms with van der Waals surface area (Å²) in [5, 5.41) is 0. The van der Waals surface area contributed by atoms with Crippen LogP contribution in [-0.4, -0.2) is 13.1 Å². The number of esters is 1. The van der Waals surface area contributed by atoms with Gasteiger partial charge in [-0.25, -0.2) is 9.18 Å². The van der Waals surface area contributed by atoms with E-state index < -0.39 is 11.8 Å². The zero-order chi connectivity index (χ0) is 18.5. The van der Waals surface area contributed by atoms with Gasteiger partial charge in [-0.15, -0.1) is 0 Å². The first-order valence-electron chi connectivity index (χ1n) is 8.70. The van der Waals surface area contributed by atoms with E-state index in [-0.39, 0.29) is 5.56 Å². The number of halogens is 1. The quantitative estimate of drug-likeness (QED) is 0.537. The molecule has 3 aromatic rings. The van der Waals surface area contributed by atoms with Crippen molar-refractivity contribution in [1.29, 1.82) is 0 Å². The van der Waals surface area contributed by atoms with Crippen LogP contribution < -0.4 is 0 Å². The Kier molecular flexibility index (Phi) is 5.47. The minimum absolute atomic E-state index is 0.0555. The Morgan fingerprint density at radius 2 is 1.35 bits per heavy atom. The Labute approximate surface area is 153 Å². The third-order valence-electron chi connectivity index (χ3n) is 4.42. The lowest BCUT2D eigenvalue weighted by atomic mass is 9.98. The molecule has 0 saturated heterocycles. The van der Waals surface area contributed by atoms with Gasteiger partial charge in [0.15, 0.2) is 0 Å². The lowest BCUT2D eigenvalue weighted by Crippen LogP contribution is -2.04. The molecule has 0 fully saturated rings. The highest BCUT2D eigenvalue weighted by atomic mass is 19.1. The molecule has 3 heteroatoms. The summed E-state index contributed by atoms with van der Waals surface area (Å²) in [6, 6.07) is 21.1. The molecule has 0 N–H and O–H groups in total. The lowest BCUT2D eigenvalue weighted by molar-refractivity contribution is 0.0595. The van der Waals surface area contributed by atoms with E-state index in [2.05, 4.69) is 35.9 Å². The summed E-state index contributed by atoms with van der Waals surface area (Å²) in [5.74, 6) is -1.25. The number of carbonyl (C=O) groups is 1. The molecule has 0 saturated carbocycles. The van der Waals surface area contributed by atoms with Gasteiger partial charge >= 0.3 is 5.97 Å². The van der Waals surface area contributed by atoms with Crippen LogP contribution in [0.3, 0.4) is 0 Å². The van der Waals surface area contributed by atoms with Crippen molar-refractivity contribution in [3.63, 3.8) is 0 Å². The molecule has 0 aliphatic heterocycles. The van der Waals surface area contributed by atoms with Crippen LogP contribution in [-0.2, 0) is 11.2 Å². The van der Waals surface area contributed by atoms with Crippen molar-refractivity contribution >= 4 is 5.97 Å². The number of ether oxygens (including phenoxy) is 1. The molecule has 0 radical (unpaired) electrons. The van der Waals surface area contributed by atoms with Crippen LogP contribution in [0.5, 0.6) is 0 Å². The van der Waals surface area contributed by atoms with Gasteiger partial charge in [0, 0.05) is 0 Å². The predicted molar refractivity (Wildman–Crippen MR) is 103 cm³/mol. The molecule has 2 nitrogen and oxygen atoms in total. The summed E-state index contributed by atoms with van der Waals surface area (Å²) < 4.78 is 18.7. The molecule has 0 aliphatic carbocycles. The van der Waals surface area contributed by atoms with E-state index in [0.29, 0.717) is 0 Å². The Balaban J connectivity index is 1.83. The number of hydrogen-bond donors (Lipinski definition) is 0. The van der Waals surface area contributed by atoms with Gasteiger partial charge in [0.25, 0.3) is 0 Å². The maximum absolute atomic E-state index is 14.1. The van der Waals surface area contributed by atoms with Crippen LogP contribution in [0, 0.1) is 5.82 Å². The van der Waals surface area contributed by atoms with Crippen LogP contribution in [0.4, 0.5) is 4.39 Å². The van der Waals surface area contributed by atoms with E-state index >= 15 is 0 Å². The van der Waals surface area contributed by atoms with E-state index in [0.717, 1.165) is 35.1 Å². The minimum Gasteiger partial charge on any atom is -0.465 e. The van der Waals surface area contributed by atoms with Crippen molar-refractivity contribution < 1.29 is 13.9 Å². The van der Waals surface area contributed by atoms with Gasteiger partial charge in [0.1, 0.15) is 5.82 Å². The van der Waals surface area contributed by atoms with Gasteiger partial charge in [-0.05, 0) is 46.4 Å². The van der Waals surface area contributed by atoms with Crippen molar-refractivity contribution in [3.05, 3.63) is 83.7 Å². The van der Waals surface area contributed by atoms with Crippen LogP contribution >= 0.6 is 0 Å². The molecule has 0 heterocycles. The molecule has 3 aromatic carbocycles. The second-order valence-corrected chi connectivity index (χ2v) is 6.21. The molecule has 0 atom stereocenters. The van der Waals surface area contributed by atoms with Crippen molar-refractivity contribution in [2.45, 2.75) is 19.8 Å². The molecule has 26 heavy (non-hydrogen) atoms. The van der Waals surface area contributed by atoms with Gasteiger partial charge in [0.2, 0.25) is 0 Å². The molecular weight excluding hydrogens is 327 g/mol. The van der Waals surface area contributed by atoms with Gasteiger partial charge < -0.3 is 4.74 Å². The van der Waals surface area contributed by atoms with E-state index in [9.17, 15) is 9.18 Å². The Morgan fingerprint density at radius 1 is 0.846 bits per heavy atom. The summed E-state index contributed by atoms with van der Waals surface area (Å²) in [6.07, 6.45) is 2.23. The normalized spacial score (nSPS) is 10.6. The average molecular weight is 348 g/mol. The second kappa shape index (κ2) is 7.96. The highest BCUT2D eigenvalue weighted by molar-refractivity contribution is 5.90. The fraction of sp³-hybridized carbons (Fsp3) is 0.174. The molecule has 0 aliphatic rings. The Bertz CT molecular complexity index is 896. The number of hydrogen-bond acceptors (Lipinski definition) is 2. The number of carbonyl (C=O) groups excluding carboxylic acids is 1. The summed E-state index contributed by atoms with van der Waals surface area (Å²) in [7, 11) is 1.24. The first-order valence-corrected chi connectivity index (χ1v) is 8.70. The third kappa shape index (κ3) is 3.83. The van der Waals surface area contributed by atoms with E-state index in [1.54, 1.807) is 6.07 Å². The summed E-state index contributed by atoms with van der Waals surface area (Å²) >= 11 is 0. The zero-order valence-electron chi connectivity index (χ0n) is 15.0. The monoisotopic (exact) mass is 348 g/mol. The maximum atomic E-state index is 14.1. The van der Waals surface area contributed by atoms with Crippen LogP contribution in [0.15, 0.2) is 66.7 Å². The Hall–Kier alpha value is -2.94. The first-order chi connectivity index (χ1) is 12.6. The smallest absolute Gasteiger partial charge is 0.340 e. The average Bonchev–Trinajstić information content (AvgIpc) is 2.68. The largest absolute Gasteiger partial charge is 0.465 e. The number of aryl methyl sites for hydroxylation is 1. The van der Waals surface area contributed by atoms with Crippen molar-refractivity contribution in [3.8, 4) is 22.3 Å². The topological polar surface area (TPSA) is 26.3 Å². The molecule has 0 amide bonds. The standard InChI is InChI=1S/C23H21FO2/c1-3-4-16-5-7-17(8-6-16)18-9-11-19(12-10-18)20-13-14-21(22(24)15-20)23(25)26-2/h5-15H,3-4H2,1-2H3. The van der Waals surface area contributed by atoms with Crippen molar-refractivity contribution in [2.75, 3.05) is 7.11 Å². The van der Waals surface area contributed by atoms with Crippen LogP contribution in [0.25, 0.3) is 22.3 Å². The highest BCUT2D eigenvalue weighted by Crippen LogP contribution is 2.26. The SMILES string of the molecule is CCCc1ccc(-c2ccc(-c3ccc(C(=O)OC)c(F)c3)cc2)cc1. The van der Waals surface area contributed by atoms with E-state index in [4.69, 9.17) is 0 Å². The molecule has 0 unspecified atom stereocenters. The minimum atomic E-state index is -0.670. The lowest BCUT2D eigenvalue weighted by Gasteiger charge is -2.08. The number of rotatable bonds is 5. The summed E-state index contributed by atoms with van der Waals surface area (Å²) in [6.45, 7) is 2.17. The number of methoxy groups -OCH3 is 1. The second-order valence-electron chi connectivity index (χ2n) is 6.21. The molecule has 0 spiro atoms. The molecule has 0 aromatic heterocycles. The fourth-order valence-corrected chi connectivity index (χ4v) is 2.98. The van der Waals surface area contributed by atoms with Crippen molar-refractivity contribution in [1.82, 2.24) is 0 Å². The first kappa shape index (κ1) is 17.9. The van der Waals surface area contributed by atoms with Gasteiger partial charge in [-0.1, -0.05) is 67.9 Å². The Morgan fingerprint density at radius 3 is 1.85 bits per heavy atom. The van der Waals surface area contributed by atoms with Crippen LogP contribution in [0.2, 0.25) is 0 Å². The predicted octanol–water partition coefficient (Wildman–Crippen LogP) is 5.90.